The first-order valence-corrected chi connectivity index (χ1v) is 9.37. The van der Waals surface area contributed by atoms with Crippen molar-refractivity contribution in [2.45, 2.75) is 19.4 Å². The van der Waals surface area contributed by atoms with Crippen LogP contribution in [0.3, 0.4) is 0 Å². The number of aliphatic carboxylic acids is 1. The van der Waals surface area contributed by atoms with Gasteiger partial charge in [-0.1, -0.05) is 58.8 Å². The lowest BCUT2D eigenvalue weighted by atomic mass is 9.79. The number of aromatic nitrogens is 3. The molecule has 0 bridgehead atoms. The van der Waals surface area contributed by atoms with Crippen molar-refractivity contribution in [3.63, 3.8) is 0 Å². The number of nitrogens with one attached hydrogen (secondary N) is 1. The van der Waals surface area contributed by atoms with Gasteiger partial charge in [0.05, 0.1) is 18.7 Å². The van der Waals surface area contributed by atoms with E-state index in [2.05, 4.69) is 15.6 Å². The van der Waals surface area contributed by atoms with E-state index >= 15 is 0 Å². The van der Waals surface area contributed by atoms with Crippen molar-refractivity contribution in [2.75, 3.05) is 5.32 Å². The predicted octanol–water partition coefficient (Wildman–Crippen LogP) is 4.60. The second-order valence-corrected chi connectivity index (χ2v) is 7.30. The molecule has 28 heavy (non-hydrogen) atoms. The number of carboxylic acids is 1. The van der Waals surface area contributed by atoms with Crippen LogP contribution in [0, 0.1) is 5.92 Å². The topological polar surface area (TPSA) is 80.0 Å². The number of benzene rings is 2. The standard InChI is InChI=1S/C21H19ClN4O2/c22-18-6-7-19(16(11-18)8-15-9-17(10-15)21(27)28)24-20-12-23-25-26(20)13-14-4-2-1-3-5-14/h1-8,11-12,17,24H,9-10,13H2,(H,27,28). The highest BCUT2D eigenvalue weighted by atomic mass is 35.5. The Labute approximate surface area is 167 Å². The Morgan fingerprint density at radius 3 is 2.79 bits per heavy atom. The minimum atomic E-state index is -0.738. The van der Waals surface area contributed by atoms with Gasteiger partial charge in [0.15, 0.2) is 0 Å². The molecular weight excluding hydrogens is 376 g/mol. The van der Waals surface area contributed by atoms with Gasteiger partial charge in [0, 0.05) is 10.7 Å². The predicted molar refractivity (Wildman–Crippen MR) is 109 cm³/mol. The highest BCUT2D eigenvalue weighted by Gasteiger charge is 2.29. The number of allylic oxidation sites excluding steroid dienone is 1. The molecule has 0 saturated heterocycles. The summed E-state index contributed by atoms with van der Waals surface area (Å²) in [6.45, 7) is 0.605. The zero-order valence-corrected chi connectivity index (χ0v) is 15.8. The fraction of sp³-hybridized carbons (Fsp3) is 0.190. The highest BCUT2D eigenvalue weighted by Crippen LogP contribution is 2.36. The summed E-state index contributed by atoms with van der Waals surface area (Å²) in [6.07, 6.45) is 4.85. The largest absolute Gasteiger partial charge is 0.481 e. The molecule has 2 aromatic carbocycles. The van der Waals surface area contributed by atoms with E-state index in [4.69, 9.17) is 16.7 Å². The number of hydrogen-bond acceptors (Lipinski definition) is 4. The van der Waals surface area contributed by atoms with Gasteiger partial charge in [-0.05, 0) is 42.2 Å². The molecule has 1 heterocycles. The number of halogens is 1. The minimum Gasteiger partial charge on any atom is -0.481 e. The molecule has 3 aromatic rings. The third-order valence-corrected chi connectivity index (χ3v) is 5.03. The van der Waals surface area contributed by atoms with E-state index in [0.29, 0.717) is 24.4 Å². The van der Waals surface area contributed by atoms with Crippen molar-refractivity contribution >= 4 is 35.2 Å². The molecule has 0 unspecified atom stereocenters. The van der Waals surface area contributed by atoms with Gasteiger partial charge in [0.2, 0.25) is 0 Å². The van der Waals surface area contributed by atoms with E-state index in [1.54, 1.807) is 10.9 Å². The smallest absolute Gasteiger partial charge is 0.307 e. The molecule has 0 aliphatic heterocycles. The Morgan fingerprint density at radius 1 is 1.25 bits per heavy atom. The van der Waals surface area contributed by atoms with Gasteiger partial charge in [0.25, 0.3) is 0 Å². The number of nitrogens with zero attached hydrogens (tertiary/aromatic N) is 3. The third kappa shape index (κ3) is 4.07. The number of hydrogen-bond donors (Lipinski definition) is 2. The Balaban J connectivity index is 1.56. The molecular formula is C21H19ClN4O2. The van der Waals surface area contributed by atoms with E-state index in [1.165, 1.54) is 0 Å². The first-order valence-electron chi connectivity index (χ1n) is 9.00. The molecule has 7 heteroatoms. The van der Waals surface area contributed by atoms with Gasteiger partial charge < -0.3 is 10.4 Å². The van der Waals surface area contributed by atoms with E-state index in [1.807, 2.05) is 54.6 Å². The molecule has 1 fully saturated rings. The van der Waals surface area contributed by atoms with Crippen molar-refractivity contribution in [1.29, 1.82) is 0 Å². The maximum absolute atomic E-state index is 11.0. The molecule has 1 aliphatic carbocycles. The van der Waals surface area contributed by atoms with Crippen LogP contribution >= 0.6 is 11.6 Å². The average Bonchev–Trinajstić information content (AvgIpc) is 3.07. The molecule has 0 spiro atoms. The summed E-state index contributed by atoms with van der Waals surface area (Å²) < 4.78 is 1.80. The fourth-order valence-corrected chi connectivity index (χ4v) is 3.40. The molecule has 142 valence electrons. The Kier molecular flexibility index (Phi) is 5.12. The van der Waals surface area contributed by atoms with Crippen molar-refractivity contribution in [1.82, 2.24) is 15.0 Å². The monoisotopic (exact) mass is 394 g/mol. The summed E-state index contributed by atoms with van der Waals surface area (Å²) in [4.78, 5) is 11.0. The Bertz CT molecular complexity index is 1020. The second kappa shape index (κ2) is 7.86. The fourth-order valence-electron chi connectivity index (χ4n) is 3.22. The molecule has 0 amide bonds. The first-order chi connectivity index (χ1) is 13.6. The maximum atomic E-state index is 11.0. The summed E-state index contributed by atoms with van der Waals surface area (Å²) >= 11 is 6.18. The molecule has 1 aromatic heterocycles. The van der Waals surface area contributed by atoms with Gasteiger partial charge in [-0.25, -0.2) is 4.68 Å². The maximum Gasteiger partial charge on any atom is 0.307 e. The van der Waals surface area contributed by atoms with Crippen LogP contribution in [0.1, 0.15) is 24.0 Å². The number of anilines is 2. The van der Waals surface area contributed by atoms with Crippen molar-refractivity contribution in [3.8, 4) is 0 Å². The first kappa shape index (κ1) is 18.3. The van der Waals surface area contributed by atoms with E-state index in [-0.39, 0.29) is 5.92 Å². The average molecular weight is 395 g/mol. The van der Waals surface area contributed by atoms with Crippen molar-refractivity contribution < 1.29 is 9.90 Å². The van der Waals surface area contributed by atoms with Gasteiger partial charge in [-0.2, -0.15) is 0 Å². The lowest BCUT2D eigenvalue weighted by Crippen LogP contribution is -2.23. The summed E-state index contributed by atoms with van der Waals surface area (Å²) in [6, 6.07) is 15.6. The normalized spacial score (nSPS) is 15.8. The third-order valence-electron chi connectivity index (χ3n) is 4.80. The summed E-state index contributed by atoms with van der Waals surface area (Å²) in [7, 11) is 0. The molecule has 2 N–H and O–H groups in total. The van der Waals surface area contributed by atoms with Crippen LogP contribution in [0.15, 0.2) is 60.3 Å². The molecule has 0 atom stereocenters. The number of carbonyl (C=O) groups is 1. The van der Waals surface area contributed by atoms with Crippen molar-refractivity contribution in [3.05, 3.63) is 76.5 Å². The quantitative estimate of drug-likeness (QED) is 0.638. The molecule has 0 radical (unpaired) electrons. The zero-order valence-electron chi connectivity index (χ0n) is 15.0. The minimum absolute atomic E-state index is 0.279. The Morgan fingerprint density at radius 2 is 2.04 bits per heavy atom. The highest BCUT2D eigenvalue weighted by molar-refractivity contribution is 6.30. The summed E-state index contributed by atoms with van der Waals surface area (Å²) in [5.41, 5.74) is 4.02. The Hall–Kier alpha value is -3.12. The number of carboxylic acid groups (broad SMARTS) is 1. The van der Waals surface area contributed by atoms with Crippen LogP contribution in [-0.2, 0) is 11.3 Å². The van der Waals surface area contributed by atoms with Crippen LogP contribution in [0.25, 0.3) is 6.08 Å². The van der Waals surface area contributed by atoms with Gasteiger partial charge >= 0.3 is 5.97 Å². The molecule has 6 nitrogen and oxygen atoms in total. The van der Waals surface area contributed by atoms with E-state index < -0.39 is 5.97 Å². The molecule has 4 rings (SSSR count). The molecule has 1 aliphatic rings. The molecule has 1 saturated carbocycles. The van der Waals surface area contributed by atoms with Crippen LogP contribution in [0.5, 0.6) is 0 Å². The van der Waals surface area contributed by atoms with E-state index in [0.717, 1.165) is 28.2 Å². The van der Waals surface area contributed by atoms with Crippen LogP contribution in [0.2, 0.25) is 5.02 Å². The van der Waals surface area contributed by atoms with Crippen LogP contribution < -0.4 is 5.32 Å². The van der Waals surface area contributed by atoms with Crippen molar-refractivity contribution in [2.24, 2.45) is 5.92 Å². The lowest BCUT2D eigenvalue weighted by Gasteiger charge is -2.25. The summed E-state index contributed by atoms with van der Waals surface area (Å²) in [5, 5.41) is 21.3. The van der Waals surface area contributed by atoms with E-state index in [9.17, 15) is 4.79 Å². The SMILES string of the molecule is O=C(O)C1CC(=Cc2cc(Cl)ccc2Nc2cnnn2Cc2ccccc2)C1. The van der Waals surface area contributed by atoms with Gasteiger partial charge in [0.1, 0.15) is 5.82 Å². The zero-order chi connectivity index (χ0) is 19.5. The summed E-state index contributed by atoms with van der Waals surface area (Å²) in [5.74, 6) is -0.251. The second-order valence-electron chi connectivity index (χ2n) is 6.87. The van der Waals surface area contributed by atoms with Gasteiger partial charge in [-0.15, -0.1) is 5.10 Å². The lowest BCUT2D eigenvalue weighted by molar-refractivity contribution is -0.143. The van der Waals surface area contributed by atoms with Crippen LogP contribution in [0.4, 0.5) is 11.5 Å². The van der Waals surface area contributed by atoms with Gasteiger partial charge in [-0.3, -0.25) is 4.79 Å². The van der Waals surface area contributed by atoms with Crippen LogP contribution in [-0.4, -0.2) is 26.1 Å². The number of rotatable bonds is 6.